The third kappa shape index (κ3) is 3.78. The number of aromatic nitrogens is 2. The van der Waals surface area contributed by atoms with E-state index in [1.165, 1.54) is 25.9 Å². The highest BCUT2D eigenvalue weighted by atomic mass is 16.5. The van der Waals surface area contributed by atoms with Crippen molar-refractivity contribution in [1.82, 2.24) is 20.4 Å². The van der Waals surface area contributed by atoms with Gasteiger partial charge in [-0.15, -0.1) is 0 Å². The first-order valence-corrected chi connectivity index (χ1v) is 6.86. The fraction of sp³-hybridized carbons (Fsp3) is 0.846. The lowest BCUT2D eigenvalue weighted by atomic mass is 9.92. The quantitative estimate of drug-likeness (QED) is 0.854. The molecule has 0 radical (unpaired) electrons. The molecule has 1 saturated heterocycles. The number of piperidine rings is 1. The van der Waals surface area contributed by atoms with Crippen LogP contribution in [0.15, 0.2) is 4.52 Å². The van der Waals surface area contributed by atoms with Crippen molar-refractivity contribution < 1.29 is 4.52 Å². The van der Waals surface area contributed by atoms with E-state index in [0.717, 1.165) is 24.8 Å². The zero-order valence-electron chi connectivity index (χ0n) is 11.6. The lowest BCUT2D eigenvalue weighted by molar-refractivity contribution is 0.179. The van der Waals surface area contributed by atoms with E-state index in [4.69, 9.17) is 4.52 Å². The minimum atomic E-state index is 0.553. The molecule has 102 valence electrons. The number of aryl methyl sites for hydroxylation is 1. The highest BCUT2D eigenvalue weighted by molar-refractivity contribution is 4.85. The van der Waals surface area contributed by atoms with Crippen LogP contribution in [0.25, 0.3) is 0 Å². The van der Waals surface area contributed by atoms with Crippen LogP contribution in [0, 0.1) is 12.8 Å². The third-order valence-electron chi connectivity index (χ3n) is 3.74. The van der Waals surface area contributed by atoms with E-state index in [0.29, 0.717) is 11.9 Å². The van der Waals surface area contributed by atoms with Gasteiger partial charge in [0, 0.05) is 25.6 Å². The largest absolute Gasteiger partial charge is 0.339 e. The molecule has 2 unspecified atom stereocenters. The number of hydrogen-bond acceptors (Lipinski definition) is 5. The molecule has 5 heteroatoms. The summed E-state index contributed by atoms with van der Waals surface area (Å²) in [7, 11) is 2.21. The highest BCUT2D eigenvalue weighted by Gasteiger charge is 2.22. The van der Waals surface area contributed by atoms with Gasteiger partial charge in [-0.3, -0.25) is 0 Å². The minimum Gasteiger partial charge on any atom is -0.339 e. The fourth-order valence-electron chi connectivity index (χ4n) is 2.63. The van der Waals surface area contributed by atoms with Gasteiger partial charge in [0.1, 0.15) is 0 Å². The van der Waals surface area contributed by atoms with Crippen LogP contribution >= 0.6 is 0 Å². The lowest BCUT2D eigenvalue weighted by Gasteiger charge is -2.33. The number of hydrogen-bond donors (Lipinski definition) is 1. The van der Waals surface area contributed by atoms with Gasteiger partial charge in [-0.2, -0.15) is 4.98 Å². The van der Waals surface area contributed by atoms with Crippen molar-refractivity contribution in [2.45, 2.75) is 39.2 Å². The second-order valence-corrected chi connectivity index (χ2v) is 5.39. The first-order valence-electron chi connectivity index (χ1n) is 6.86. The van der Waals surface area contributed by atoms with Crippen molar-refractivity contribution in [2.24, 2.45) is 5.92 Å². The summed E-state index contributed by atoms with van der Waals surface area (Å²) in [6.07, 6.45) is 3.46. The first kappa shape index (κ1) is 13.5. The van der Waals surface area contributed by atoms with Crippen LogP contribution in [-0.4, -0.2) is 47.8 Å². The fourth-order valence-corrected chi connectivity index (χ4v) is 2.63. The van der Waals surface area contributed by atoms with E-state index in [-0.39, 0.29) is 0 Å². The summed E-state index contributed by atoms with van der Waals surface area (Å²) >= 11 is 0. The number of likely N-dealkylation sites (tertiary alicyclic amines) is 1. The summed E-state index contributed by atoms with van der Waals surface area (Å²) in [4.78, 5) is 6.63. The van der Waals surface area contributed by atoms with Gasteiger partial charge in [-0.25, -0.2) is 0 Å². The molecule has 18 heavy (non-hydrogen) atoms. The van der Waals surface area contributed by atoms with Crippen LogP contribution in [0.3, 0.4) is 0 Å². The smallest absolute Gasteiger partial charge is 0.227 e. The predicted octanol–water partition coefficient (Wildman–Crippen LogP) is 1.24. The summed E-state index contributed by atoms with van der Waals surface area (Å²) in [5, 5.41) is 7.37. The molecule has 1 N–H and O–H groups in total. The van der Waals surface area contributed by atoms with Gasteiger partial charge in [-0.05, 0) is 46.2 Å². The SMILES string of the molecule is Cc1noc(CCNC(C)C2CCCN(C)C2)n1. The summed E-state index contributed by atoms with van der Waals surface area (Å²) in [6.45, 7) is 7.48. The van der Waals surface area contributed by atoms with E-state index in [1.54, 1.807) is 0 Å². The van der Waals surface area contributed by atoms with Crippen molar-refractivity contribution in [3.8, 4) is 0 Å². The highest BCUT2D eigenvalue weighted by Crippen LogP contribution is 2.18. The molecule has 1 aliphatic rings. The Bertz CT molecular complexity index is 366. The summed E-state index contributed by atoms with van der Waals surface area (Å²) in [5.41, 5.74) is 0. The Balaban J connectivity index is 1.69. The third-order valence-corrected chi connectivity index (χ3v) is 3.74. The van der Waals surface area contributed by atoms with Gasteiger partial charge in [-0.1, -0.05) is 5.16 Å². The van der Waals surface area contributed by atoms with Crippen molar-refractivity contribution in [2.75, 3.05) is 26.7 Å². The maximum Gasteiger partial charge on any atom is 0.227 e. The summed E-state index contributed by atoms with van der Waals surface area (Å²) in [5.74, 6) is 2.20. The van der Waals surface area contributed by atoms with E-state index in [9.17, 15) is 0 Å². The second-order valence-electron chi connectivity index (χ2n) is 5.39. The maximum atomic E-state index is 5.10. The van der Waals surface area contributed by atoms with Gasteiger partial charge in [0.15, 0.2) is 5.82 Å². The Kier molecular flexibility index (Phi) is 4.72. The van der Waals surface area contributed by atoms with Gasteiger partial charge < -0.3 is 14.7 Å². The molecule has 0 spiro atoms. The molecule has 1 aliphatic heterocycles. The molecule has 0 aliphatic carbocycles. The van der Waals surface area contributed by atoms with E-state index in [1.807, 2.05) is 6.92 Å². The van der Waals surface area contributed by atoms with Gasteiger partial charge in [0.05, 0.1) is 0 Å². The second kappa shape index (κ2) is 6.29. The van der Waals surface area contributed by atoms with Crippen LogP contribution in [0.2, 0.25) is 0 Å². The van der Waals surface area contributed by atoms with E-state index >= 15 is 0 Å². The van der Waals surface area contributed by atoms with Crippen LogP contribution in [0.4, 0.5) is 0 Å². The van der Waals surface area contributed by atoms with E-state index in [2.05, 4.69) is 34.3 Å². The Morgan fingerprint density at radius 3 is 3.06 bits per heavy atom. The molecule has 0 aromatic carbocycles. The molecule has 0 amide bonds. The monoisotopic (exact) mass is 252 g/mol. The summed E-state index contributed by atoms with van der Waals surface area (Å²) in [6, 6.07) is 0.553. The molecule has 2 rings (SSSR count). The van der Waals surface area contributed by atoms with E-state index < -0.39 is 0 Å². The molecule has 0 saturated carbocycles. The predicted molar refractivity (Wildman–Crippen MR) is 70.4 cm³/mol. The maximum absolute atomic E-state index is 5.10. The van der Waals surface area contributed by atoms with Crippen LogP contribution in [-0.2, 0) is 6.42 Å². The molecule has 2 atom stereocenters. The molecule has 1 aromatic heterocycles. The normalized spacial score (nSPS) is 23.2. The minimum absolute atomic E-state index is 0.553. The van der Waals surface area contributed by atoms with Crippen LogP contribution in [0.5, 0.6) is 0 Å². The van der Waals surface area contributed by atoms with Gasteiger partial charge in [0.2, 0.25) is 5.89 Å². The first-order chi connectivity index (χ1) is 8.65. The lowest BCUT2D eigenvalue weighted by Crippen LogP contribution is -2.43. The van der Waals surface area contributed by atoms with Crippen molar-refractivity contribution >= 4 is 0 Å². The average molecular weight is 252 g/mol. The molecule has 1 fully saturated rings. The zero-order chi connectivity index (χ0) is 13.0. The Hall–Kier alpha value is -0.940. The van der Waals surface area contributed by atoms with Gasteiger partial charge in [0.25, 0.3) is 0 Å². The molecule has 2 heterocycles. The summed E-state index contributed by atoms with van der Waals surface area (Å²) < 4.78 is 5.10. The Labute approximate surface area is 109 Å². The topological polar surface area (TPSA) is 54.2 Å². The Morgan fingerprint density at radius 1 is 1.56 bits per heavy atom. The average Bonchev–Trinajstić information content (AvgIpc) is 2.75. The van der Waals surface area contributed by atoms with Crippen molar-refractivity contribution in [3.05, 3.63) is 11.7 Å². The van der Waals surface area contributed by atoms with Crippen molar-refractivity contribution in [1.29, 1.82) is 0 Å². The number of nitrogens with one attached hydrogen (secondary N) is 1. The van der Waals surface area contributed by atoms with Gasteiger partial charge >= 0.3 is 0 Å². The van der Waals surface area contributed by atoms with Crippen LogP contribution in [0.1, 0.15) is 31.5 Å². The molecule has 5 nitrogen and oxygen atoms in total. The Morgan fingerprint density at radius 2 is 2.39 bits per heavy atom. The zero-order valence-corrected chi connectivity index (χ0v) is 11.6. The molecular weight excluding hydrogens is 228 g/mol. The van der Waals surface area contributed by atoms with Crippen molar-refractivity contribution in [3.63, 3.8) is 0 Å². The van der Waals surface area contributed by atoms with Crippen LogP contribution < -0.4 is 5.32 Å². The number of rotatable bonds is 5. The molecule has 0 bridgehead atoms. The molecule has 1 aromatic rings. The molecular formula is C13H24N4O. The number of nitrogens with zero attached hydrogens (tertiary/aromatic N) is 3. The standard InChI is InChI=1S/C13H24N4O/c1-10(12-5-4-8-17(3)9-12)14-7-6-13-15-11(2)16-18-13/h10,12,14H,4-9H2,1-3H3.